The number of rotatable bonds is 5. The number of anilines is 1. The van der Waals surface area contributed by atoms with Gasteiger partial charge >= 0.3 is 0 Å². The van der Waals surface area contributed by atoms with Crippen LogP contribution >= 0.6 is 0 Å². The van der Waals surface area contributed by atoms with Crippen LogP contribution in [0.15, 0.2) is 47.6 Å². The van der Waals surface area contributed by atoms with Crippen LogP contribution in [0.5, 0.6) is 0 Å². The highest BCUT2D eigenvalue weighted by atomic mass is 16.5. The van der Waals surface area contributed by atoms with Crippen LogP contribution in [-0.4, -0.2) is 49.2 Å². The van der Waals surface area contributed by atoms with Gasteiger partial charge in [-0.3, -0.25) is 4.98 Å². The molecule has 0 spiro atoms. The summed E-state index contributed by atoms with van der Waals surface area (Å²) in [4.78, 5) is 22.6. The van der Waals surface area contributed by atoms with Crippen LogP contribution in [-0.2, 0) is 6.54 Å². The third kappa shape index (κ3) is 3.31. The van der Waals surface area contributed by atoms with Crippen molar-refractivity contribution in [2.45, 2.75) is 25.4 Å². The van der Waals surface area contributed by atoms with Crippen molar-refractivity contribution in [1.29, 1.82) is 0 Å². The van der Waals surface area contributed by atoms with Gasteiger partial charge in [0.15, 0.2) is 17.2 Å². The Balaban J connectivity index is 1.17. The van der Waals surface area contributed by atoms with Crippen molar-refractivity contribution in [3.8, 4) is 11.4 Å². The van der Waals surface area contributed by atoms with E-state index in [0.717, 1.165) is 54.4 Å². The molecule has 0 aliphatic carbocycles. The molecular formula is C19H20N8O. The van der Waals surface area contributed by atoms with Crippen molar-refractivity contribution < 1.29 is 4.52 Å². The topological polar surface area (TPSA) is 109 Å². The zero-order valence-electron chi connectivity index (χ0n) is 15.2. The first-order chi connectivity index (χ1) is 13.9. The van der Waals surface area contributed by atoms with Crippen LogP contribution in [0.3, 0.4) is 0 Å². The highest BCUT2D eigenvalue weighted by Gasteiger charge is 2.22. The molecule has 1 saturated heterocycles. The molecule has 0 atom stereocenters. The number of pyridine rings is 1. The minimum absolute atomic E-state index is 0.429. The Hall–Kier alpha value is -3.33. The summed E-state index contributed by atoms with van der Waals surface area (Å²) >= 11 is 0. The van der Waals surface area contributed by atoms with E-state index in [4.69, 9.17) is 4.52 Å². The molecule has 1 aliphatic rings. The summed E-state index contributed by atoms with van der Waals surface area (Å²) in [5.74, 6) is 1.74. The standard InChI is InChI=1S/C19H20N8O/c1-2-6-20-15(3-1)16-9-14(28-26-16)10-21-13-4-7-27(8-5-13)19-17-18(23-11-22-17)24-12-25-19/h1-3,6,9,11-13,21H,4-5,7-8,10H2,(H,22,23,24,25). The Labute approximate surface area is 161 Å². The number of H-pyrrole nitrogens is 1. The van der Waals surface area contributed by atoms with E-state index in [-0.39, 0.29) is 0 Å². The second kappa shape index (κ2) is 7.35. The third-order valence-corrected chi connectivity index (χ3v) is 5.05. The van der Waals surface area contributed by atoms with Crippen LogP contribution in [0.25, 0.3) is 22.6 Å². The van der Waals surface area contributed by atoms with Gasteiger partial charge in [0.05, 0.1) is 18.6 Å². The Morgan fingerprint density at radius 3 is 2.89 bits per heavy atom. The molecule has 0 bridgehead atoms. The Bertz CT molecular complexity index is 1050. The van der Waals surface area contributed by atoms with Crippen molar-refractivity contribution in [2.75, 3.05) is 18.0 Å². The van der Waals surface area contributed by atoms with E-state index >= 15 is 0 Å². The van der Waals surface area contributed by atoms with Crippen molar-refractivity contribution in [3.05, 3.63) is 48.9 Å². The van der Waals surface area contributed by atoms with Gasteiger partial charge < -0.3 is 19.7 Å². The maximum atomic E-state index is 5.45. The fraction of sp³-hybridized carbons (Fsp3) is 0.316. The van der Waals surface area contributed by atoms with E-state index in [1.807, 2.05) is 24.3 Å². The van der Waals surface area contributed by atoms with E-state index in [1.165, 1.54) is 0 Å². The number of nitrogens with zero attached hydrogens (tertiary/aromatic N) is 6. The summed E-state index contributed by atoms with van der Waals surface area (Å²) in [6, 6.07) is 8.13. The Morgan fingerprint density at radius 1 is 1.11 bits per heavy atom. The summed E-state index contributed by atoms with van der Waals surface area (Å²) in [6.07, 6.45) is 7.05. The Kier molecular flexibility index (Phi) is 4.42. The van der Waals surface area contributed by atoms with Crippen LogP contribution in [0.1, 0.15) is 18.6 Å². The quantitative estimate of drug-likeness (QED) is 0.545. The third-order valence-electron chi connectivity index (χ3n) is 5.05. The normalized spacial score (nSPS) is 15.4. The number of hydrogen-bond acceptors (Lipinski definition) is 8. The largest absolute Gasteiger partial charge is 0.359 e. The van der Waals surface area contributed by atoms with Gasteiger partial charge in [-0.2, -0.15) is 0 Å². The molecule has 2 N–H and O–H groups in total. The highest BCUT2D eigenvalue weighted by Crippen LogP contribution is 2.23. The summed E-state index contributed by atoms with van der Waals surface area (Å²) in [5.41, 5.74) is 3.19. The molecule has 9 nitrogen and oxygen atoms in total. The monoisotopic (exact) mass is 376 g/mol. The SMILES string of the molecule is c1ccc(-c2cc(CNC3CCN(c4ncnc5nc[nH]c45)CC3)on2)nc1. The fourth-order valence-electron chi connectivity index (χ4n) is 3.56. The highest BCUT2D eigenvalue weighted by molar-refractivity contribution is 5.82. The molecule has 0 amide bonds. The number of piperidine rings is 1. The zero-order valence-corrected chi connectivity index (χ0v) is 15.2. The first-order valence-corrected chi connectivity index (χ1v) is 9.36. The number of nitrogens with one attached hydrogen (secondary N) is 2. The number of fused-ring (bicyclic) bond motifs is 1. The van der Waals surface area contributed by atoms with Gasteiger partial charge in [-0.15, -0.1) is 0 Å². The minimum atomic E-state index is 0.429. The second-order valence-electron chi connectivity index (χ2n) is 6.83. The molecule has 1 aliphatic heterocycles. The van der Waals surface area contributed by atoms with Crippen LogP contribution in [0.4, 0.5) is 5.82 Å². The predicted octanol–water partition coefficient (Wildman–Crippen LogP) is 2.16. The van der Waals surface area contributed by atoms with Gasteiger partial charge in [0.1, 0.15) is 17.5 Å². The van der Waals surface area contributed by atoms with E-state index < -0.39 is 0 Å². The molecule has 28 heavy (non-hydrogen) atoms. The van der Waals surface area contributed by atoms with Gasteiger partial charge in [0.25, 0.3) is 0 Å². The van der Waals surface area contributed by atoms with Crippen molar-refractivity contribution in [2.24, 2.45) is 0 Å². The predicted molar refractivity (Wildman–Crippen MR) is 103 cm³/mol. The zero-order chi connectivity index (χ0) is 18.8. The molecule has 142 valence electrons. The molecule has 0 radical (unpaired) electrons. The number of imidazole rings is 1. The number of aromatic nitrogens is 6. The summed E-state index contributed by atoms with van der Waals surface area (Å²) in [6.45, 7) is 2.51. The van der Waals surface area contributed by atoms with Gasteiger partial charge in [-0.1, -0.05) is 11.2 Å². The fourth-order valence-corrected chi connectivity index (χ4v) is 3.56. The van der Waals surface area contributed by atoms with Crippen LogP contribution in [0.2, 0.25) is 0 Å². The molecule has 0 aromatic carbocycles. The minimum Gasteiger partial charge on any atom is -0.359 e. The molecule has 4 aromatic heterocycles. The van der Waals surface area contributed by atoms with E-state index in [1.54, 1.807) is 18.9 Å². The molecule has 4 aromatic rings. The van der Waals surface area contributed by atoms with Gasteiger partial charge in [-0.25, -0.2) is 15.0 Å². The molecule has 1 fully saturated rings. The lowest BCUT2D eigenvalue weighted by Crippen LogP contribution is -2.42. The van der Waals surface area contributed by atoms with Crippen LogP contribution < -0.4 is 10.2 Å². The average Bonchev–Trinajstić information content (AvgIpc) is 3.43. The lowest BCUT2D eigenvalue weighted by molar-refractivity contribution is 0.347. The number of aromatic amines is 1. The molecule has 5 rings (SSSR count). The summed E-state index contributed by atoms with van der Waals surface area (Å²) < 4.78 is 5.45. The molecule has 5 heterocycles. The lowest BCUT2D eigenvalue weighted by Gasteiger charge is -2.33. The van der Waals surface area contributed by atoms with Gasteiger partial charge in [-0.05, 0) is 25.0 Å². The van der Waals surface area contributed by atoms with E-state index in [0.29, 0.717) is 18.2 Å². The van der Waals surface area contributed by atoms with E-state index in [2.05, 4.69) is 40.3 Å². The molecule has 0 unspecified atom stereocenters. The molecule has 0 saturated carbocycles. The Morgan fingerprint density at radius 2 is 2.04 bits per heavy atom. The van der Waals surface area contributed by atoms with Crippen molar-refractivity contribution >= 4 is 17.0 Å². The first-order valence-electron chi connectivity index (χ1n) is 9.36. The maximum absolute atomic E-state index is 5.45. The summed E-state index contributed by atoms with van der Waals surface area (Å²) in [7, 11) is 0. The van der Waals surface area contributed by atoms with Gasteiger partial charge in [0.2, 0.25) is 0 Å². The molecular weight excluding hydrogens is 356 g/mol. The molecule has 9 heteroatoms. The maximum Gasteiger partial charge on any atom is 0.182 e. The van der Waals surface area contributed by atoms with Gasteiger partial charge in [0, 0.05) is 31.4 Å². The second-order valence-corrected chi connectivity index (χ2v) is 6.83. The van der Waals surface area contributed by atoms with Crippen molar-refractivity contribution in [1.82, 2.24) is 35.4 Å². The van der Waals surface area contributed by atoms with E-state index in [9.17, 15) is 0 Å². The number of hydrogen-bond donors (Lipinski definition) is 2. The summed E-state index contributed by atoms with van der Waals surface area (Å²) in [5, 5.41) is 7.69. The van der Waals surface area contributed by atoms with Crippen LogP contribution in [0, 0.1) is 0 Å². The smallest absolute Gasteiger partial charge is 0.182 e. The first kappa shape index (κ1) is 16.8. The average molecular weight is 376 g/mol. The van der Waals surface area contributed by atoms with Crippen molar-refractivity contribution in [3.63, 3.8) is 0 Å². The lowest BCUT2D eigenvalue weighted by atomic mass is 10.0.